The molecule has 0 spiro atoms. The van der Waals surface area contributed by atoms with E-state index >= 15 is 0 Å². The van der Waals surface area contributed by atoms with E-state index < -0.39 is 0 Å². The van der Waals surface area contributed by atoms with Gasteiger partial charge in [-0.25, -0.2) is 0 Å². The highest BCUT2D eigenvalue weighted by Crippen LogP contribution is 2.38. The maximum Gasteiger partial charge on any atom is -0.0259 e. The first-order valence-electron chi connectivity index (χ1n) is 4.54. The van der Waals surface area contributed by atoms with E-state index in [-0.39, 0.29) is 0 Å². The third-order valence-corrected chi connectivity index (χ3v) is 2.98. The molecule has 0 saturated heterocycles. The van der Waals surface area contributed by atoms with Gasteiger partial charge in [-0.05, 0) is 43.9 Å². The predicted molar refractivity (Wildman–Crippen MR) is 43.8 cm³/mol. The molecule has 2 unspecified atom stereocenters. The van der Waals surface area contributed by atoms with Gasteiger partial charge in [0.1, 0.15) is 0 Å². The highest BCUT2D eigenvalue weighted by atomic mass is 14.3. The highest BCUT2D eigenvalue weighted by molar-refractivity contribution is 5.11. The molecule has 0 nitrogen and oxygen atoms in total. The zero-order valence-electron chi connectivity index (χ0n) is 6.77. The zero-order valence-corrected chi connectivity index (χ0v) is 6.77. The van der Waals surface area contributed by atoms with E-state index in [2.05, 4.69) is 13.0 Å². The van der Waals surface area contributed by atoms with Gasteiger partial charge in [-0.15, -0.1) is 0 Å². The van der Waals surface area contributed by atoms with Gasteiger partial charge in [0.2, 0.25) is 0 Å². The lowest BCUT2D eigenvalue weighted by Gasteiger charge is -2.08. The van der Waals surface area contributed by atoms with Crippen molar-refractivity contribution in [2.45, 2.75) is 39.0 Å². The summed E-state index contributed by atoms with van der Waals surface area (Å²) in [5.74, 6) is 1.94. The Morgan fingerprint density at radius 3 is 3.10 bits per heavy atom. The maximum absolute atomic E-state index is 2.52. The number of allylic oxidation sites excluding steroid dienone is 2. The quantitative estimate of drug-likeness (QED) is 0.449. The van der Waals surface area contributed by atoms with Crippen LogP contribution in [0.4, 0.5) is 0 Å². The third-order valence-electron chi connectivity index (χ3n) is 2.98. The van der Waals surface area contributed by atoms with Crippen molar-refractivity contribution in [3.8, 4) is 0 Å². The van der Waals surface area contributed by atoms with Crippen molar-refractivity contribution < 1.29 is 0 Å². The fourth-order valence-corrected chi connectivity index (χ4v) is 2.35. The number of hydrogen-bond donors (Lipinski definition) is 0. The molecule has 2 atom stereocenters. The molecule has 0 aliphatic heterocycles. The lowest BCUT2D eigenvalue weighted by Crippen LogP contribution is -1.95. The summed E-state index contributed by atoms with van der Waals surface area (Å²) < 4.78 is 0. The van der Waals surface area contributed by atoms with Crippen LogP contribution in [0.2, 0.25) is 0 Å². The molecule has 2 aliphatic rings. The highest BCUT2D eigenvalue weighted by Gasteiger charge is 2.22. The monoisotopic (exact) mass is 136 g/mol. The van der Waals surface area contributed by atoms with Crippen LogP contribution in [0, 0.1) is 11.8 Å². The second-order valence-corrected chi connectivity index (χ2v) is 3.99. The molecule has 1 fully saturated rings. The summed E-state index contributed by atoms with van der Waals surface area (Å²) in [6.45, 7) is 2.35. The summed E-state index contributed by atoms with van der Waals surface area (Å²) in [5.41, 5.74) is 1.76. The standard InChI is InChI=1S/C10H16/c1-8-2-3-9-4-5-10(6-8)7-9/h6,8-9H,2-5,7H2,1H3. The molecule has 56 valence electrons. The van der Waals surface area contributed by atoms with Crippen molar-refractivity contribution in [1.29, 1.82) is 0 Å². The first kappa shape index (κ1) is 6.45. The number of hydrogen-bond acceptors (Lipinski definition) is 0. The topological polar surface area (TPSA) is 0 Å². The van der Waals surface area contributed by atoms with Gasteiger partial charge in [-0.2, -0.15) is 0 Å². The maximum atomic E-state index is 2.52. The molecule has 0 aromatic carbocycles. The van der Waals surface area contributed by atoms with E-state index in [1.54, 1.807) is 5.57 Å². The van der Waals surface area contributed by atoms with E-state index in [9.17, 15) is 0 Å². The van der Waals surface area contributed by atoms with Gasteiger partial charge in [-0.3, -0.25) is 0 Å². The van der Waals surface area contributed by atoms with Crippen LogP contribution >= 0.6 is 0 Å². The van der Waals surface area contributed by atoms with Crippen molar-refractivity contribution in [3.63, 3.8) is 0 Å². The van der Waals surface area contributed by atoms with Crippen LogP contribution in [-0.2, 0) is 0 Å². The molecular formula is C10H16. The molecule has 1 saturated carbocycles. The molecule has 0 aromatic rings. The molecular weight excluding hydrogens is 120 g/mol. The molecule has 0 heteroatoms. The Kier molecular flexibility index (Phi) is 1.55. The van der Waals surface area contributed by atoms with Crippen LogP contribution in [0.3, 0.4) is 0 Å². The lowest BCUT2D eigenvalue weighted by molar-refractivity contribution is 0.462. The van der Waals surface area contributed by atoms with Crippen molar-refractivity contribution in [2.75, 3.05) is 0 Å². The summed E-state index contributed by atoms with van der Waals surface area (Å²) in [4.78, 5) is 0. The minimum Gasteiger partial charge on any atom is -0.0825 e. The summed E-state index contributed by atoms with van der Waals surface area (Å²) in [6.07, 6.45) is 9.78. The van der Waals surface area contributed by atoms with Crippen molar-refractivity contribution in [1.82, 2.24) is 0 Å². The summed E-state index contributed by atoms with van der Waals surface area (Å²) in [5, 5.41) is 0. The summed E-state index contributed by atoms with van der Waals surface area (Å²) >= 11 is 0. The molecule has 10 heavy (non-hydrogen) atoms. The third kappa shape index (κ3) is 1.12. The smallest absolute Gasteiger partial charge is 0.0259 e. The molecule has 0 radical (unpaired) electrons. The largest absolute Gasteiger partial charge is 0.0825 e. The SMILES string of the molecule is CC1C=C2CCC(CC1)C2. The molecule has 0 heterocycles. The molecule has 2 bridgehead atoms. The van der Waals surface area contributed by atoms with Crippen LogP contribution in [0.25, 0.3) is 0 Å². The molecule has 0 N–H and O–H groups in total. The van der Waals surface area contributed by atoms with Crippen LogP contribution in [-0.4, -0.2) is 0 Å². The Bertz CT molecular complexity index is 155. The Hall–Kier alpha value is -0.260. The first-order chi connectivity index (χ1) is 4.84. The van der Waals surface area contributed by atoms with Gasteiger partial charge < -0.3 is 0 Å². The van der Waals surface area contributed by atoms with E-state index in [0.29, 0.717) is 0 Å². The van der Waals surface area contributed by atoms with Crippen LogP contribution in [0.15, 0.2) is 11.6 Å². The Morgan fingerprint density at radius 2 is 2.20 bits per heavy atom. The second kappa shape index (κ2) is 2.41. The normalized spacial score (nSPS) is 39.1. The minimum atomic E-state index is 0.875. The minimum absolute atomic E-state index is 0.875. The van der Waals surface area contributed by atoms with Crippen molar-refractivity contribution in [2.24, 2.45) is 11.8 Å². The van der Waals surface area contributed by atoms with E-state index in [4.69, 9.17) is 0 Å². The van der Waals surface area contributed by atoms with Gasteiger partial charge in [0, 0.05) is 0 Å². The van der Waals surface area contributed by atoms with E-state index in [1.807, 2.05) is 0 Å². The fourth-order valence-electron chi connectivity index (χ4n) is 2.35. The van der Waals surface area contributed by atoms with Gasteiger partial charge in [0.25, 0.3) is 0 Å². The van der Waals surface area contributed by atoms with Crippen molar-refractivity contribution >= 4 is 0 Å². The zero-order chi connectivity index (χ0) is 6.97. The van der Waals surface area contributed by atoms with Crippen molar-refractivity contribution in [3.05, 3.63) is 11.6 Å². The van der Waals surface area contributed by atoms with Gasteiger partial charge >= 0.3 is 0 Å². The van der Waals surface area contributed by atoms with Crippen LogP contribution in [0.1, 0.15) is 39.0 Å². The Balaban J connectivity index is 2.15. The van der Waals surface area contributed by atoms with Gasteiger partial charge in [0.05, 0.1) is 0 Å². The van der Waals surface area contributed by atoms with Crippen LogP contribution < -0.4 is 0 Å². The predicted octanol–water partition coefficient (Wildman–Crippen LogP) is 3.14. The number of rotatable bonds is 0. The van der Waals surface area contributed by atoms with E-state index in [1.165, 1.54) is 32.1 Å². The fraction of sp³-hybridized carbons (Fsp3) is 0.800. The Labute approximate surface area is 63.3 Å². The average Bonchev–Trinajstić information content (AvgIpc) is 2.22. The second-order valence-electron chi connectivity index (χ2n) is 3.99. The Morgan fingerprint density at radius 1 is 1.30 bits per heavy atom. The van der Waals surface area contributed by atoms with Gasteiger partial charge in [0.15, 0.2) is 0 Å². The first-order valence-corrected chi connectivity index (χ1v) is 4.54. The molecule has 2 rings (SSSR count). The average molecular weight is 136 g/mol. The van der Waals surface area contributed by atoms with Crippen LogP contribution in [0.5, 0.6) is 0 Å². The summed E-state index contributed by atoms with van der Waals surface area (Å²) in [7, 11) is 0. The molecule has 0 amide bonds. The molecule has 2 aliphatic carbocycles. The summed E-state index contributed by atoms with van der Waals surface area (Å²) in [6, 6.07) is 0. The lowest BCUT2D eigenvalue weighted by atomic mass is 9.97. The number of fused-ring (bicyclic) bond motifs is 2. The molecule has 0 aromatic heterocycles. The van der Waals surface area contributed by atoms with Gasteiger partial charge in [-0.1, -0.05) is 18.6 Å². The van der Waals surface area contributed by atoms with E-state index in [0.717, 1.165) is 11.8 Å².